The maximum atomic E-state index is 5.98. The molecular weight excluding hydrogens is 208 g/mol. The third-order valence-corrected chi connectivity index (χ3v) is 3.36. The molecule has 4 nitrogen and oxygen atoms in total. The smallest absolute Gasteiger partial charge is 0.286 e. The second kappa shape index (κ2) is 3.72. The van der Waals surface area contributed by atoms with Crippen molar-refractivity contribution in [2.24, 2.45) is 0 Å². The molecule has 4 heteroatoms. The quantitative estimate of drug-likeness (QED) is 0.635. The summed E-state index contributed by atoms with van der Waals surface area (Å²) in [6.07, 6.45) is 6.88. The lowest BCUT2D eigenvalue weighted by Gasteiger charge is -2.36. The Hall–Kier alpha value is -0.580. The minimum atomic E-state index is -0.824. The first-order chi connectivity index (χ1) is 7.72. The highest BCUT2D eigenvalue weighted by molar-refractivity contribution is 4.99. The third kappa shape index (κ3) is 1.75. The molecule has 3 rings (SSSR count). The Morgan fingerprint density at radius 3 is 2.88 bits per heavy atom. The van der Waals surface area contributed by atoms with Gasteiger partial charge in [-0.05, 0) is 32.3 Å². The van der Waals surface area contributed by atoms with Crippen LogP contribution in [0.5, 0.6) is 0 Å². The molecule has 0 aromatic rings. The maximum absolute atomic E-state index is 5.98. The predicted molar refractivity (Wildman–Crippen MR) is 56.4 cm³/mol. The summed E-state index contributed by atoms with van der Waals surface area (Å²) in [5, 5.41) is 0. The molecule has 3 aliphatic rings. The Kier molecular flexibility index (Phi) is 2.46. The second-order valence-corrected chi connectivity index (χ2v) is 4.75. The third-order valence-electron chi connectivity index (χ3n) is 3.36. The highest BCUT2D eigenvalue weighted by Gasteiger charge is 2.54. The van der Waals surface area contributed by atoms with Crippen molar-refractivity contribution in [3.8, 4) is 0 Å². The van der Waals surface area contributed by atoms with E-state index < -0.39 is 11.8 Å². The molecule has 0 amide bonds. The van der Waals surface area contributed by atoms with Crippen molar-refractivity contribution in [1.82, 2.24) is 0 Å². The fourth-order valence-corrected chi connectivity index (χ4v) is 2.55. The van der Waals surface area contributed by atoms with Crippen molar-refractivity contribution in [3.63, 3.8) is 0 Å². The van der Waals surface area contributed by atoms with Gasteiger partial charge in [-0.25, -0.2) is 0 Å². The molecule has 0 radical (unpaired) electrons. The molecule has 2 spiro atoms. The normalized spacial score (nSPS) is 43.4. The largest absolute Gasteiger partial charge is 0.465 e. The molecule has 2 fully saturated rings. The zero-order valence-electron chi connectivity index (χ0n) is 9.66. The highest BCUT2D eigenvalue weighted by atomic mass is 16.9. The molecule has 0 saturated carbocycles. The molecule has 2 atom stereocenters. The van der Waals surface area contributed by atoms with Crippen LogP contribution in [0.25, 0.3) is 0 Å². The van der Waals surface area contributed by atoms with Gasteiger partial charge in [-0.3, -0.25) is 4.74 Å². The Morgan fingerprint density at radius 1 is 1.19 bits per heavy atom. The fraction of sp³-hybridized carbons (Fsp3) is 0.833. The van der Waals surface area contributed by atoms with Gasteiger partial charge in [0.1, 0.15) is 6.61 Å². The predicted octanol–water partition coefficient (Wildman–Crippen LogP) is 2.30. The maximum Gasteiger partial charge on any atom is 0.286 e. The molecule has 0 aromatic heterocycles. The molecular formula is C12H18O4. The Bertz CT molecular complexity index is 306. The summed E-state index contributed by atoms with van der Waals surface area (Å²) in [6, 6.07) is 0. The summed E-state index contributed by atoms with van der Waals surface area (Å²) < 4.78 is 23.1. The number of hydrogen-bond acceptors (Lipinski definition) is 4. The summed E-state index contributed by atoms with van der Waals surface area (Å²) in [7, 11) is 0. The molecule has 2 saturated heterocycles. The number of hydrogen-bond donors (Lipinski definition) is 0. The summed E-state index contributed by atoms with van der Waals surface area (Å²) >= 11 is 0. The van der Waals surface area contributed by atoms with Gasteiger partial charge in [0.05, 0.1) is 12.4 Å². The van der Waals surface area contributed by atoms with Gasteiger partial charge in [-0.2, -0.15) is 0 Å². The zero-order valence-corrected chi connectivity index (χ0v) is 9.66. The van der Waals surface area contributed by atoms with Gasteiger partial charge in [0.25, 0.3) is 5.97 Å². The van der Waals surface area contributed by atoms with E-state index in [1.807, 2.05) is 6.92 Å². The molecule has 90 valence electrons. The minimum Gasteiger partial charge on any atom is -0.465 e. The van der Waals surface area contributed by atoms with E-state index >= 15 is 0 Å². The van der Waals surface area contributed by atoms with Crippen LogP contribution >= 0.6 is 0 Å². The lowest BCUT2D eigenvalue weighted by Crippen LogP contribution is -2.43. The molecule has 0 bridgehead atoms. The summed E-state index contributed by atoms with van der Waals surface area (Å²) in [5.74, 6) is -0.505. The summed E-state index contributed by atoms with van der Waals surface area (Å²) in [4.78, 5) is 0. The molecule has 3 heterocycles. The topological polar surface area (TPSA) is 36.9 Å². The van der Waals surface area contributed by atoms with Gasteiger partial charge >= 0.3 is 0 Å². The van der Waals surface area contributed by atoms with Gasteiger partial charge in [0.15, 0.2) is 0 Å². The minimum absolute atomic E-state index is 0.470. The summed E-state index contributed by atoms with van der Waals surface area (Å²) in [5.41, 5.74) is 0. The molecule has 0 aromatic carbocycles. The fourth-order valence-electron chi connectivity index (χ4n) is 2.55. The SMILES string of the molecule is CC1=CCCC2(COC3(CCCCO3)O2)O1. The van der Waals surface area contributed by atoms with Gasteiger partial charge in [-0.1, -0.05) is 0 Å². The molecule has 3 aliphatic heterocycles. The van der Waals surface area contributed by atoms with Crippen LogP contribution in [-0.2, 0) is 18.9 Å². The van der Waals surface area contributed by atoms with Crippen molar-refractivity contribution >= 4 is 0 Å². The van der Waals surface area contributed by atoms with Gasteiger partial charge in [0.2, 0.25) is 5.79 Å². The van der Waals surface area contributed by atoms with Gasteiger partial charge < -0.3 is 14.2 Å². The van der Waals surface area contributed by atoms with Crippen molar-refractivity contribution in [3.05, 3.63) is 11.8 Å². The van der Waals surface area contributed by atoms with Gasteiger partial charge in [-0.15, -0.1) is 0 Å². The van der Waals surface area contributed by atoms with E-state index in [0.717, 1.165) is 37.9 Å². The zero-order chi connectivity index (χ0) is 11.1. The molecule has 0 N–H and O–H groups in total. The van der Waals surface area contributed by atoms with Crippen LogP contribution in [0.1, 0.15) is 39.0 Å². The van der Waals surface area contributed by atoms with E-state index in [0.29, 0.717) is 13.2 Å². The Balaban J connectivity index is 1.74. The average Bonchev–Trinajstić information content (AvgIpc) is 2.58. The van der Waals surface area contributed by atoms with Crippen LogP contribution < -0.4 is 0 Å². The van der Waals surface area contributed by atoms with Crippen molar-refractivity contribution in [2.75, 3.05) is 13.2 Å². The van der Waals surface area contributed by atoms with Crippen molar-refractivity contribution < 1.29 is 18.9 Å². The van der Waals surface area contributed by atoms with Gasteiger partial charge in [0, 0.05) is 12.8 Å². The molecule has 2 unspecified atom stereocenters. The molecule has 0 aliphatic carbocycles. The number of allylic oxidation sites excluding steroid dienone is 2. The Labute approximate surface area is 95.5 Å². The van der Waals surface area contributed by atoms with Crippen LogP contribution in [0.2, 0.25) is 0 Å². The van der Waals surface area contributed by atoms with E-state index in [2.05, 4.69) is 6.08 Å². The van der Waals surface area contributed by atoms with E-state index in [4.69, 9.17) is 18.9 Å². The van der Waals surface area contributed by atoms with Crippen molar-refractivity contribution in [1.29, 1.82) is 0 Å². The average molecular weight is 226 g/mol. The standard InChI is InChI=1S/C12H18O4/c1-10-5-4-6-11(15-10)9-14-12(16-11)7-2-3-8-13-12/h5H,2-4,6-9H2,1H3. The van der Waals surface area contributed by atoms with Crippen LogP contribution in [0.3, 0.4) is 0 Å². The van der Waals surface area contributed by atoms with Crippen LogP contribution in [-0.4, -0.2) is 25.0 Å². The number of rotatable bonds is 0. The van der Waals surface area contributed by atoms with E-state index in [1.54, 1.807) is 0 Å². The number of ether oxygens (including phenoxy) is 4. The first-order valence-corrected chi connectivity index (χ1v) is 6.06. The van der Waals surface area contributed by atoms with E-state index in [9.17, 15) is 0 Å². The second-order valence-electron chi connectivity index (χ2n) is 4.75. The van der Waals surface area contributed by atoms with Crippen molar-refractivity contribution in [2.45, 2.75) is 50.8 Å². The molecule has 16 heavy (non-hydrogen) atoms. The first kappa shape index (κ1) is 10.6. The van der Waals surface area contributed by atoms with Crippen LogP contribution in [0.15, 0.2) is 11.8 Å². The lowest BCUT2D eigenvalue weighted by atomic mass is 10.1. The monoisotopic (exact) mass is 226 g/mol. The lowest BCUT2D eigenvalue weighted by molar-refractivity contribution is -0.381. The van der Waals surface area contributed by atoms with Crippen LogP contribution in [0, 0.1) is 0 Å². The van der Waals surface area contributed by atoms with E-state index in [-0.39, 0.29) is 0 Å². The Morgan fingerprint density at radius 2 is 2.12 bits per heavy atom. The first-order valence-electron chi connectivity index (χ1n) is 6.06. The van der Waals surface area contributed by atoms with Crippen LogP contribution in [0.4, 0.5) is 0 Å². The van der Waals surface area contributed by atoms with E-state index in [1.165, 1.54) is 0 Å². The summed E-state index contributed by atoms with van der Waals surface area (Å²) in [6.45, 7) is 3.14. The highest BCUT2D eigenvalue weighted by Crippen LogP contribution is 2.43.